The van der Waals surface area contributed by atoms with Crippen LogP contribution < -0.4 is 0 Å². The Labute approximate surface area is 116 Å². The fraction of sp³-hybridized carbons (Fsp3) is 0.400. The van der Waals surface area contributed by atoms with Gasteiger partial charge in [0, 0.05) is 5.92 Å². The van der Waals surface area contributed by atoms with E-state index in [0.29, 0.717) is 12.4 Å². The number of ether oxygens (including phenoxy) is 1. The van der Waals surface area contributed by atoms with E-state index >= 15 is 0 Å². The predicted molar refractivity (Wildman–Crippen MR) is 71.5 cm³/mol. The molecule has 0 saturated carbocycles. The van der Waals surface area contributed by atoms with Crippen molar-refractivity contribution in [1.29, 1.82) is 0 Å². The largest absolute Gasteiger partial charge is 0.459 e. The molecule has 0 amide bonds. The van der Waals surface area contributed by atoms with E-state index in [9.17, 15) is 4.79 Å². The van der Waals surface area contributed by atoms with E-state index in [2.05, 4.69) is 28.3 Å². The third-order valence-corrected chi connectivity index (χ3v) is 3.60. The second kappa shape index (κ2) is 5.45. The van der Waals surface area contributed by atoms with Crippen molar-refractivity contribution in [2.45, 2.75) is 32.1 Å². The quantitative estimate of drug-likeness (QED) is 0.803. The molecule has 3 rings (SSSR count). The first-order chi connectivity index (χ1) is 9.78. The maximum atomic E-state index is 11.5. The zero-order valence-corrected chi connectivity index (χ0v) is 11.3. The maximum Gasteiger partial charge on any atom is 0.397 e. The Kier molecular flexibility index (Phi) is 3.50. The lowest BCUT2D eigenvalue weighted by Gasteiger charge is -2.21. The molecule has 1 aliphatic carbocycles. The van der Waals surface area contributed by atoms with Crippen LogP contribution in [0.3, 0.4) is 0 Å². The standard InChI is InChI=1S/C15H16N2O3/c1-2-19-15(18)14-16-13(17-20-14)12-8-7-10-5-3-4-6-11(10)9-12/h3-6,12H,2,7-9H2,1H3. The van der Waals surface area contributed by atoms with Gasteiger partial charge in [-0.05, 0) is 37.3 Å². The minimum absolute atomic E-state index is 0.0549. The Morgan fingerprint density at radius 1 is 1.40 bits per heavy atom. The van der Waals surface area contributed by atoms with Gasteiger partial charge in [0.15, 0.2) is 5.82 Å². The van der Waals surface area contributed by atoms with Crippen molar-refractivity contribution >= 4 is 5.97 Å². The molecule has 1 aliphatic rings. The van der Waals surface area contributed by atoms with Gasteiger partial charge in [0.1, 0.15) is 0 Å². The highest BCUT2D eigenvalue weighted by atomic mass is 16.6. The Balaban J connectivity index is 1.77. The summed E-state index contributed by atoms with van der Waals surface area (Å²) in [6.45, 7) is 2.04. The average Bonchev–Trinajstić information content (AvgIpc) is 2.97. The molecule has 1 aromatic heterocycles. The first kappa shape index (κ1) is 12.8. The van der Waals surface area contributed by atoms with Crippen LogP contribution in [0.4, 0.5) is 0 Å². The zero-order valence-electron chi connectivity index (χ0n) is 11.3. The molecular formula is C15H16N2O3. The van der Waals surface area contributed by atoms with Gasteiger partial charge in [-0.3, -0.25) is 0 Å². The van der Waals surface area contributed by atoms with E-state index in [1.807, 2.05) is 6.07 Å². The van der Waals surface area contributed by atoms with Gasteiger partial charge in [-0.25, -0.2) is 4.79 Å². The Bertz CT molecular complexity index is 621. The van der Waals surface area contributed by atoms with Crippen molar-refractivity contribution < 1.29 is 14.1 Å². The van der Waals surface area contributed by atoms with Crippen molar-refractivity contribution in [2.75, 3.05) is 6.61 Å². The second-order valence-corrected chi connectivity index (χ2v) is 4.89. The van der Waals surface area contributed by atoms with Gasteiger partial charge in [0.05, 0.1) is 6.61 Å². The fourth-order valence-electron chi connectivity index (χ4n) is 2.59. The van der Waals surface area contributed by atoms with Gasteiger partial charge >= 0.3 is 11.9 Å². The van der Waals surface area contributed by atoms with E-state index in [1.165, 1.54) is 11.1 Å². The summed E-state index contributed by atoms with van der Waals surface area (Å²) < 4.78 is 9.83. The van der Waals surface area contributed by atoms with Gasteiger partial charge in [0.2, 0.25) is 0 Å². The number of esters is 1. The molecule has 5 heteroatoms. The number of carbonyl (C=O) groups is 1. The van der Waals surface area contributed by atoms with Crippen molar-refractivity contribution in [3.63, 3.8) is 0 Å². The molecule has 0 radical (unpaired) electrons. The van der Waals surface area contributed by atoms with Crippen molar-refractivity contribution in [3.05, 3.63) is 47.1 Å². The monoisotopic (exact) mass is 272 g/mol. The highest BCUT2D eigenvalue weighted by Crippen LogP contribution is 2.31. The molecule has 104 valence electrons. The van der Waals surface area contributed by atoms with E-state index in [4.69, 9.17) is 9.26 Å². The summed E-state index contributed by atoms with van der Waals surface area (Å²) >= 11 is 0. The maximum absolute atomic E-state index is 11.5. The first-order valence-electron chi connectivity index (χ1n) is 6.85. The molecule has 0 saturated heterocycles. The molecule has 0 N–H and O–H groups in total. The number of hydrogen-bond donors (Lipinski definition) is 0. The minimum Gasteiger partial charge on any atom is -0.459 e. The van der Waals surface area contributed by atoms with Crippen molar-refractivity contribution in [2.24, 2.45) is 0 Å². The van der Waals surface area contributed by atoms with Crippen molar-refractivity contribution in [3.8, 4) is 0 Å². The van der Waals surface area contributed by atoms with Crippen LogP contribution in [-0.4, -0.2) is 22.7 Å². The lowest BCUT2D eigenvalue weighted by atomic mass is 9.83. The summed E-state index contributed by atoms with van der Waals surface area (Å²) in [6.07, 6.45) is 2.86. The Morgan fingerprint density at radius 2 is 2.20 bits per heavy atom. The zero-order chi connectivity index (χ0) is 13.9. The lowest BCUT2D eigenvalue weighted by Crippen LogP contribution is -2.14. The molecule has 1 unspecified atom stereocenters. The molecule has 5 nitrogen and oxygen atoms in total. The van der Waals surface area contributed by atoms with E-state index in [-0.39, 0.29) is 11.8 Å². The van der Waals surface area contributed by atoms with E-state index < -0.39 is 5.97 Å². The topological polar surface area (TPSA) is 65.2 Å². The molecule has 20 heavy (non-hydrogen) atoms. The van der Waals surface area contributed by atoms with Gasteiger partial charge in [-0.2, -0.15) is 4.98 Å². The highest BCUT2D eigenvalue weighted by molar-refractivity contribution is 5.83. The molecule has 0 fully saturated rings. The highest BCUT2D eigenvalue weighted by Gasteiger charge is 2.26. The third-order valence-electron chi connectivity index (χ3n) is 3.60. The van der Waals surface area contributed by atoms with Gasteiger partial charge in [0.25, 0.3) is 0 Å². The summed E-state index contributed by atoms with van der Waals surface area (Å²) in [5.74, 6) is 0.197. The Morgan fingerprint density at radius 3 is 3.00 bits per heavy atom. The summed E-state index contributed by atoms with van der Waals surface area (Å²) in [4.78, 5) is 15.7. The molecular weight excluding hydrogens is 256 g/mol. The molecule has 0 aliphatic heterocycles. The summed E-state index contributed by atoms with van der Waals surface area (Å²) in [5.41, 5.74) is 2.71. The third kappa shape index (κ3) is 2.43. The lowest BCUT2D eigenvalue weighted by molar-refractivity contribution is 0.0470. The molecule has 2 aromatic rings. The van der Waals surface area contributed by atoms with Gasteiger partial charge < -0.3 is 9.26 Å². The second-order valence-electron chi connectivity index (χ2n) is 4.89. The summed E-state index contributed by atoms with van der Waals surface area (Å²) in [7, 11) is 0. The number of fused-ring (bicyclic) bond motifs is 1. The number of nitrogens with zero attached hydrogens (tertiary/aromatic N) is 2. The number of aromatic nitrogens is 2. The fourth-order valence-corrected chi connectivity index (χ4v) is 2.59. The number of rotatable bonds is 3. The molecule has 0 bridgehead atoms. The SMILES string of the molecule is CCOC(=O)c1nc(C2CCc3ccccc3C2)no1. The van der Waals surface area contributed by atoms with Crippen LogP contribution in [0.25, 0.3) is 0 Å². The summed E-state index contributed by atoms with van der Waals surface area (Å²) in [6, 6.07) is 8.40. The van der Waals surface area contributed by atoms with Crippen molar-refractivity contribution in [1.82, 2.24) is 10.1 Å². The molecule has 1 aromatic carbocycles. The van der Waals surface area contributed by atoms with Crippen LogP contribution in [0, 0.1) is 0 Å². The minimum atomic E-state index is -0.553. The van der Waals surface area contributed by atoms with E-state index in [0.717, 1.165) is 19.3 Å². The van der Waals surface area contributed by atoms with Crippen LogP contribution in [0.2, 0.25) is 0 Å². The summed E-state index contributed by atoms with van der Waals surface area (Å²) in [5, 5.41) is 3.93. The van der Waals surface area contributed by atoms with Gasteiger partial charge in [-0.1, -0.05) is 29.4 Å². The van der Waals surface area contributed by atoms with Crippen LogP contribution in [0.15, 0.2) is 28.8 Å². The van der Waals surface area contributed by atoms with Crippen LogP contribution in [0.1, 0.15) is 46.9 Å². The van der Waals surface area contributed by atoms with Crippen LogP contribution in [0.5, 0.6) is 0 Å². The van der Waals surface area contributed by atoms with Crippen LogP contribution in [-0.2, 0) is 17.6 Å². The molecule has 1 atom stereocenters. The van der Waals surface area contributed by atoms with E-state index in [1.54, 1.807) is 6.92 Å². The average molecular weight is 272 g/mol. The predicted octanol–water partition coefficient (Wildman–Crippen LogP) is 2.52. The Hall–Kier alpha value is -2.17. The number of aryl methyl sites for hydroxylation is 1. The number of benzene rings is 1. The normalized spacial score (nSPS) is 17.6. The number of carbonyl (C=O) groups excluding carboxylic acids is 1. The van der Waals surface area contributed by atoms with Gasteiger partial charge in [-0.15, -0.1) is 0 Å². The number of hydrogen-bond acceptors (Lipinski definition) is 5. The van der Waals surface area contributed by atoms with Crippen LogP contribution >= 0.6 is 0 Å². The molecule has 0 spiro atoms. The first-order valence-corrected chi connectivity index (χ1v) is 6.85. The smallest absolute Gasteiger partial charge is 0.397 e. The molecule has 1 heterocycles.